The maximum Gasteiger partial charge on any atom is 0.0543 e. The highest BCUT2D eigenvalue weighted by Gasteiger charge is 2.07. The lowest BCUT2D eigenvalue weighted by Crippen LogP contribution is -1.78. The molecular formula is C6H13PS3. The largest absolute Gasteiger partial charge is 0.131 e. The molecular weight excluding hydrogens is 199 g/mol. The van der Waals surface area contributed by atoms with Crippen LogP contribution < -0.4 is 0 Å². The van der Waals surface area contributed by atoms with Crippen molar-refractivity contribution in [3.63, 3.8) is 0 Å². The van der Waals surface area contributed by atoms with Gasteiger partial charge in [-0.05, 0) is 13.1 Å². The average Bonchev–Trinajstić information content (AvgIpc) is 1.85. The monoisotopic (exact) mass is 212 g/mol. The predicted molar refractivity (Wildman–Crippen MR) is 61.1 cm³/mol. The maximum absolute atomic E-state index is 5.26. The highest BCUT2D eigenvalue weighted by atomic mass is 33.2. The first-order chi connectivity index (χ1) is 4.48. The van der Waals surface area contributed by atoms with Crippen LogP contribution in [0.25, 0.3) is 0 Å². The Balaban J connectivity index is 3.68. The van der Waals surface area contributed by atoms with E-state index in [-0.39, 0.29) is 0 Å². The summed E-state index contributed by atoms with van der Waals surface area (Å²) in [5.41, 5.74) is 1.18. The maximum atomic E-state index is 5.26. The van der Waals surface area contributed by atoms with E-state index >= 15 is 0 Å². The lowest BCUT2D eigenvalue weighted by molar-refractivity contribution is 1.45. The van der Waals surface area contributed by atoms with E-state index in [0.717, 1.165) is 11.9 Å². The Hall–Kier alpha value is 1.09. The highest BCUT2D eigenvalue weighted by molar-refractivity contribution is 8.96. The van der Waals surface area contributed by atoms with Gasteiger partial charge in [-0.25, -0.2) is 0 Å². The van der Waals surface area contributed by atoms with Crippen LogP contribution in [0.1, 0.15) is 13.8 Å². The van der Waals surface area contributed by atoms with Crippen molar-refractivity contribution in [1.82, 2.24) is 0 Å². The summed E-state index contributed by atoms with van der Waals surface area (Å²) in [6.07, 6.45) is 1.02. The third-order valence-corrected chi connectivity index (χ3v) is 8.72. The summed E-state index contributed by atoms with van der Waals surface area (Å²) >= 11 is 11.4. The van der Waals surface area contributed by atoms with Crippen molar-refractivity contribution < 1.29 is 0 Å². The molecule has 0 aromatic rings. The van der Waals surface area contributed by atoms with Gasteiger partial charge in [0.2, 0.25) is 0 Å². The van der Waals surface area contributed by atoms with Gasteiger partial charge in [0.25, 0.3) is 0 Å². The van der Waals surface area contributed by atoms with E-state index in [1.165, 1.54) is 5.57 Å². The van der Waals surface area contributed by atoms with Gasteiger partial charge in [-0.15, -0.1) is 23.6 Å². The first-order valence-corrected chi connectivity index (χ1v) is 8.82. The topological polar surface area (TPSA) is 0 Å². The van der Waals surface area contributed by atoms with Crippen molar-refractivity contribution in [2.24, 2.45) is 0 Å². The molecule has 0 radical (unpaired) electrons. The van der Waals surface area contributed by atoms with Gasteiger partial charge in [-0.2, -0.15) is 0 Å². The Kier molecular flexibility index (Phi) is 5.40. The van der Waals surface area contributed by atoms with Crippen LogP contribution in [0.15, 0.2) is 12.2 Å². The number of thiol groups is 1. The molecule has 60 valence electrons. The van der Waals surface area contributed by atoms with Crippen molar-refractivity contribution in [2.75, 3.05) is 11.9 Å². The first kappa shape index (κ1) is 11.1. The molecule has 0 aliphatic rings. The third kappa shape index (κ3) is 5.84. The van der Waals surface area contributed by atoms with E-state index in [1.54, 1.807) is 11.4 Å². The van der Waals surface area contributed by atoms with Crippen LogP contribution in [0.5, 0.6) is 0 Å². The molecule has 0 aliphatic carbocycles. The minimum atomic E-state index is -1.34. The fraction of sp³-hybridized carbons (Fsp3) is 0.667. The quantitative estimate of drug-likeness (QED) is 0.430. The smallest absolute Gasteiger partial charge is 0.0543 e. The summed E-state index contributed by atoms with van der Waals surface area (Å²) in [7, 11) is 0. The van der Waals surface area contributed by atoms with Crippen LogP contribution in [0.3, 0.4) is 0 Å². The van der Waals surface area contributed by atoms with Gasteiger partial charge >= 0.3 is 0 Å². The zero-order chi connectivity index (χ0) is 8.20. The Morgan fingerprint density at radius 1 is 1.80 bits per heavy atom. The lowest BCUT2D eigenvalue weighted by atomic mass is 10.4. The standard InChI is InChI=1S/C6H13PS3/c1-4-7(8,9)10-5-6(2)3/h2,4-5H2,1,3H3,(H,8,9). The fourth-order valence-corrected chi connectivity index (χ4v) is 3.72. The van der Waals surface area contributed by atoms with Crippen molar-refractivity contribution in [2.45, 2.75) is 13.8 Å². The molecule has 0 aliphatic heterocycles. The van der Waals surface area contributed by atoms with Crippen molar-refractivity contribution in [1.29, 1.82) is 0 Å². The Morgan fingerprint density at radius 2 is 2.30 bits per heavy atom. The normalized spacial score (nSPS) is 16.3. The zero-order valence-corrected chi connectivity index (χ0v) is 9.75. The number of rotatable bonds is 4. The van der Waals surface area contributed by atoms with Crippen molar-refractivity contribution in [3.05, 3.63) is 12.2 Å². The predicted octanol–water partition coefficient (Wildman–Crippen LogP) is 3.55. The van der Waals surface area contributed by atoms with Gasteiger partial charge in [-0.3, -0.25) is 0 Å². The van der Waals surface area contributed by atoms with E-state index in [4.69, 9.17) is 11.8 Å². The summed E-state index contributed by atoms with van der Waals surface area (Å²) in [4.78, 5) is 0. The van der Waals surface area contributed by atoms with Crippen LogP contribution in [0.2, 0.25) is 0 Å². The lowest BCUT2D eigenvalue weighted by Gasteiger charge is -2.11. The minimum absolute atomic E-state index is 0.967. The molecule has 0 rings (SSSR count). The Labute approximate surface area is 77.8 Å². The van der Waals surface area contributed by atoms with Crippen LogP contribution in [0.4, 0.5) is 0 Å². The summed E-state index contributed by atoms with van der Waals surface area (Å²) in [5, 5.41) is 0. The van der Waals surface area contributed by atoms with Gasteiger partial charge in [0.05, 0.1) is 4.44 Å². The Bertz CT molecular complexity index is 164. The molecule has 0 spiro atoms. The molecule has 0 bridgehead atoms. The van der Waals surface area contributed by atoms with Gasteiger partial charge in [0, 0.05) is 5.75 Å². The molecule has 4 heteroatoms. The van der Waals surface area contributed by atoms with Gasteiger partial charge in [-0.1, -0.05) is 30.9 Å². The first-order valence-electron chi connectivity index (χ1n) is 3.08. The molecule has 0 aromatic carbocycles. The van der Waals surface area contributed by atoms with Gasteiger partial charge in [0.1, 0.15) is 0 Å². The van der Waals surface area contributed by atoms with E-state index in [2.05, 4.69) is 25.8 Å². The van der Waals surface area contributed by atoms with Crippen molar-refractivity contribution >= 4 is 39.9 Å². The molecule has 0 amide bonds. The molecule has 1 unspecified atom stereocenters. The summed E-state index contributed by atoms with van der Waals surface area (Å²) < 4.78 is -1.34. The van der Waals surface area contributed by atoms with Crippen LogP contribution in [-0.2, 0) is 11.8 Å². The molecule has 0 aromatic heterocycles. The second-order valence-corrected chi connectivity index (χ2v) is 13.5. The van der Waals surface area contributed by atoms with Gasteiger partial charge < -0.3 is 0 Å². The molecule has 0 saturated carbocycles. The van der Waals surface area contributed by atoms with E-state index in [1.807, 2.05) is 6.92 Å². The van der Waals surface area contributed by atoms with Crippen molar-refractivity contribution in [3.8, 4) is 0 Å². The fourth-order valence-electron chi connectivity index (χ4n) is 0.302. The van der Waals surface area contributed by atoms with Crippen LogP contribution >= 0.6 is 28.1 Å². The SMILES string of the molecule is C=C(C)CSP(=S)(S)CC. The number of hydrogen-bond donors (Lipinski definition) is 1. The van der Waals surface area contributed by atoms with E-state index in [0.29, 0.717) is 0 Å². The zero-order valence-electron chi connectivity index (χ0n) is 6.33. The molecule has 0 heterocycles. The molecule has 10 heavy (non-hydrogen) atoms. The molecule has 0 saturated heterocycles. The van der Waals surface area contributed by atoms with E-state index < -0.39 is 4.44 Å². The van der Waals surface area contributed by atoms with Gasteiger partial charge in [0.15, 0.2) is 0 Å². The number of hydrogen-bond acceptors (Lipinski definition) is 2. The molecule has 0 N–H and O–H groups in total. The van der Waals surface area contributed by atoms with Crippen LogP contribution in [-0.4, -0.2) is 11.9 Å². The average molecular weight is 212 g/mol. The summed E-state index contributed by atoms with van der Waals surface area (Å²) in [6.45, 7) is 7.93. The Morgan fingerprint density at radius 3 is 2.60 bits per heavy atom. The second kappa shape index (κ2) is 4.87. The highest BCUT2D eigenvalue weighted by Crippen LogP contribution is 2.63. The second-order valence-electron chi connectivity index (χ2n) is 2.18. The minimum Gasteiger partial charge on any atom is -0.131 e. The summed E-state index contributed by atoms with van der Waals surface area (Å²) in [5.74, 6) is 0.967. The summed E-state index contributed by atoms with van der Waals surface area (Å²) in [6, 6.07) is 0. The van der Waals surface area contributed by atoms with E-state index in [9.17, 15) is 0 Å². The van der Waals surface area contributed by atoms with Crippen LogP contribution in [0, 0.1) is 0 Å². The molecule has 1 atom stereocenters. The molecule has 0 fully saturated rings. The third-order valence-electron chi connectivity index (χ3n) is 0.912. The molecule has 0 nitrogen and oxygen atoms in total.